The van der Waals surface area contributed by atoms with Gasteiger partial charge in [-0.15, -0.1) is 5.10 Å². The second-order valence-electron chi connectivity index (χ2n) is 8.16. The number of aromatic nitrogens is 6. The van der Waals surface area contributed by atoms with Crippen molar-refractivity contribution in [3.63, 3.8) is 0 Å². The van der Waals surface area contributed by atoms with Gasteiger partial charge in [-0.2, -0.15) is 4.68 Å². The molecule has 8 nitrogen and oxygen atoms in total. The van der Waals surface area contributed by atoms with Crippen LogP contribution in [0.4, 0.5) is 0 Å². The summed E-state index contributed by atoms with van der Waals surface area (Å²) in [4.78, 5) is 18.2. The van der Waals surface area contributed by atoms with Crippen LogP contribution in [0.5, 0.6) is 0 Å². The Kier molecular flexibility index (Phi) is 4.17. The van der Waals surface area contributed by atoms with Crippen LogP contribution in [0.3, 0.4) is 0 Å². The van der Waals surface area contributed by atoms with Crippen LogP contribution in [0.25, 0.3) is 22.4 Å². The molecule has 0 bridgehead atoms. The van der Waals surface area contributed by atoms with Gasteiger partial charge in [-0.05, 0) is 44.2 Å². The van der Waals surface area contributed by atoms with Gasteiger partial charge in [0, 0.05) is 12.5 Å². The Balaban J connectivity index is 1.58. The van der Waals surface area contributed by atoms with Gasteiger partial charge >= 0.3 is 0 Å². The fourth-order valence-electron chi connectivity index (χ4n) is 4.36. The fourth-order valence-corrected chi connectivity index (χ4v) is 4.63. The van der Waals surface area contributed by atoms with E-state index in [1.165, 1.54) is 0 Å². The summed E-state index contributed by atoms with van der Waals surface area (Å²) < 4.78 is 11.1. The largest absolute Gasteiger partial charge is 0.376 e. The van der Waals surface area contributed by atoms with Crippen molar-refractivity contribution in [3.8, 4) is 5.82 Å². The molecule has 1 aromatic carbocycles. The molecule has 30 heavy (non-hydrogen) atoms. The normalized spacial score (nSPS) is 19.7. The summed E-state index contributed by atoms with van der Waals surface area (Å²) in [7, 11) is 0. The van der Waals surface area contributed by atoms with Crippen molar-refractivity contribution in [3.05, 3.63) is 51.8 Å². The zero-order valence-corrected chi connectivity index (χ0v) is 17.1. The van der Waals surface area contributed by atoms with Gasteiger partial charge in [0.25, 0.3) is 5.56 Å². The second kappa shape index (κ2) is 6.92. The average molecular weight is 425 g/mol. The van der Waals surface area contributed by atoms with E-state index in [-0.39, 0.29) is 11.7 Å². The van der Waals surface area contributed by atoms with E-state index < -0.39 is 0 Å². The SMILES string of the molecule is O=c1c2c(-n3cc(C4CC4)nn3)ncn2c2cccc(Cl)c2n1CC1CCCCO1. The Morgan fingerprint density at radius 3 is 2.87 bits per heavy atom. The predicted octanol–water partition coefficient (Wildman–Crippen LogP) is 3.33. The number of hydrogen-bond acceptors (Lipinski definition) is 5. The van der Waals surface area contributed by atoms with Gasteiger partial charge in [-0.3, -0.25) is 9.20 Å². The molecule has 0 spiro atoms. The molecular weight excluding hydrogens is 404 g/mol. The van der Waals surface area contributed by atoms with Crippen LogP contribution < -0.4 is 5.56 Å². The molecule has 4 aromatic rings. The summed E-state index contributed by atoms with van der Waals surface area (Å²) in [5, 5.41) is 9.06. The Bertz CT molecular complexity index is 1310. The van der Waals surface area contributed by atoms with Crippen molar-refractivity contribution in [2.75, 3.05) is 6.61 Å². The highest BCUT2D eigenvalue weighted by Gasteiger charge is 2.28. The monoisotopic (exact) mass is 424 g/mol. The first kappa shape index (κ1) is 18.1. The van der Waals surface area contributed by atoms with Gasteiger partial charge in [-0.25, -0.2) is 4.98 Å². The van der Waals surface area contributed by atoms with Gasteiger partial charge in [-0.1, -0.05) is 22.9 Å². The lowest BCUT2D eigenvalue weighted by molar-refractivity contribution is 0.00620. The number of fused-ring (bicyclic) bond motifs is 3. The Morgan fingerprint density at radius 2 is 2.07 bits per heavy atom. The van der Waals surface area contributed by atoms with Crippen molar-refractivity contribution in [1.82, 2.24) is 28.9 Å². The first-order chi connectivity index (χ1) is 14.7. The molecule has 1 aliphatic heterocycles. The molecule has 1 saturated carbocycles. The number of para-hydroxylation sites is 1. The highest BCUT2D eigenvalue weighted by Crippen LogP contribution is 2.38. The topological polar surface area (TPSA) is 79.2 Å². The quantitative estimate of drug-likeness (QED) is 0.502. The minimum Gasteiger partial charge on any atom is -0.376 e. The summed E-state index contributed by atoms with van der Waals surface area (Å²) in [6.07, 6.45) is 8.92. The van der Waals surface area contributed by atoms with E-state index in [1.807, 2.05) is 24.4 Å². The number of halogens is 1. The van der Waals surface area contributed by atoms with Crippen LogP contribution in [0.15, 0.2) is 35.5 Å². The van der Waals surface area contributed by atoms with Crippen LogP contribution >= 0.6 is 11.6 Å². The van der Waals surface area contributed by atoms with E-state index in [9.17, 15) is 4.79 Å². The van der Waals surface area contributed by atoms with E-state index in [0.717, 1.165) is 49.9 Å². The molecule has 2 fully saturated rings. The van der Waals surface area contributed by atoms with E-state index >= 15 is 0 Å². The molecule has 1 atom stereocenters. The molecule has 3 aromatic heterocycles. The second-order valence-corrected chi connectivity index (χ2v) is 8.57. The minimum absolute atomic E-state index is 0.00224. The lowest BCUT2D eigenvalue weighted by Crippen LogP contribution is -2.32. The van der Waals surface area contributed by atoms with E-state index in [2.05, 4.69) is 15.3 Å². The third-order valence-electron chi connectivity index (χ3n) is 6.07. The van der Waals surface area contributed by atoms with Crippen LogP contribution in [0.1, 0.15) is 43.7 Å². The molecule has 0 radical (unpaired) electrons. The van der Waals surface area contributed by atoms with Gasteiger partial charge in [0.1, 0.15) is 6.33 Å². The van der Waals surface area contributed by atoms with E-state index in [0.29, 0.717) is 34.3 Å². The molecule has 2 aliphatic rings. The summed E-state index contributed by atoms with van der Waals surface area (Å²) >= 11 is 6.56. The number of ether oxygens (including phenoxy) is 1. The molecule has 4 heterocycles. The van der Waals surface area contributed by atoms with Crippen molar-refractivity contribution in [2.45, 2.75) is 50.7 Å². The molecule has 0 N–H and O–H groups in total. The summed E-state index contributed by atoms with van der Waals surface area (Å²) in [5.41, 5.74) is 2.80. The predicted molar refractivity (Wildman–Crippen MR) is 112 cm³/mol. The number of benzene rings is 1. The maximum Gasteiger partial charge on any atom is 0.279 e. The number of imidazole rings is 1. The molecule has 6 rings (SSSR count). The van der Waals surface area contributed by atoms with Crippen LogP contribution in [-0.4, -0.2) is 41.7 Å². The standard InChI is InChI=1S/C21H21ClN6O2/c22-15-5-3-6-17-18(15)26(10-14-4-1-2-9-30-14)21(29)19-20(23-12-27(17)19)28-11-16(24-25-28)13-7-8-13/h3,5-6,11-14H,1-2,4,7-10H2. The molecular formula is C21H21ClN6O2. The van der Waals surface area contributed by atoms with Crippen LogP contribution in [0, 0.1) is 0 Å². The zero-order chi connectivity index (χ0) is 20.2. The van der Waals surface area contributed by atoms with Gasteiger partial charge in [0.2, 0.25) is 0 Å². The lowest BCUT2D eigenvalue weighted by Gasteiger charge is -2.24. The molecule has 1 aliphatic carbocycles. The van der Waals surface area contributed by atoms with E-state index in [4.69, 9.17) is 16.3 Å². The molecule has 1 saturated heterocycles. The van der Waals surface area contributed by atoms with Gasteiger partial charge < -0.3 is 9.30 Å². The lowest BCUT2D eigenvalue weighted by atomic mass is 10.1. The van der Waals surface area contributed by atoms with Crippen molar-refractivity contribution >= 4 is 28.2 Å². The number of nitrogens with zero attached hydrogens (tertiary/aromatic N) is 6. The molecule has 0 amide bonds. The van der Waals surface area contributed by atoms with E-state index in [1.54, 1.807) is 20.0 Å². The van der Waals surface area contributed by atoms with Crippen LogP contribution in [-0.2, 0) is 11.3 Å². The maximum atomic E-state index is 13.7. The maximum absolute atomic E-state index is 13.7. The zero-order valence-electron chi connectivity index (χ0n) is 16.4. The van der Waals surface area contributed by atoms with Crippen molar-refractivity contribution in [2.24, 2.45) is 0 Å². The van der Waals surface area contributed by atoms with Crippen molar-refractivity contribution in [1.29, 1.82) is 0 Å². The molecule has 154 valence electrons. The minimum atomic E-state index is -0.152. The molecule has 9 heteroatoms. The first-order valence-electron chi connectivity index (χ1n) is 10.4. The number of rotatable bonds is 4. The van der Waals surface area contributed by atoms with Crippen LogP contribution in [0.2, 0.25) is 5.02 Å². The Hall–Kier alpha value is -2.71. The van der Waals surface area contributed by atoms with Crippen molar-refractivity contribution < 1.29 is 4.74 Å². The van der Waals surface area contributed by atoms with Gasteiger partial charge in [0.15, 0.2) is 11.3 Å². The third-order valence-corrected chi connectivity index (χ3v) is 6.38. The summed E-state index contributed by atoms with van der Waals surface area (Å²) in [6, 6.07) is 5.65. The first-order valence-corrected chi connectivity index (χ1v) is 10.8. The highest BCUT2D eigenvalue weighted by molar-refractivity contribution is 6.35. The summed E-state index contributed by atoms with van der Waals surface area (Å²) in [5.74, 6) is 0.965. The summed E-state index contributed by atoms with van der Waals surface area (Å²) in [6.45, 7) is 1.19. The van der Waals surface area contributed by atoms with Gasteiger partial charge in [0.05, 0.1) is 40.6 Å². The Morgan fingerprint density at radius 1 is 1.17 bits per heavy atom. The average Bonchev–Trinajstić information content (AvgIpc) is 3.32. The smallest absolute Gasteiger partial charge is 0.279 e. The number of hydrogen-bond donors (Lipinski definition) is 0. The third kappa shape index (κ3) is 2.86. The fraction of sp³-hybridized carbons (Fsp3) is 0.429. The molecule has 1 unspecified atom stereocenters. The highest BCUT2D eigenvalue weighted by atomic mass is 35.5. The Labute approximate surface area is 177 Å².